The summed E-state index contributed by atoms with van der Waals surface area (Å²) < 4.78 is 0. The van der Waals surface area contributed by atoms with Crippen LogP contribution in [0.4, 0.5) is 0 Å². The molecule has 1 aliphatic heterocycles. The molecular formula is C14H19NO. The minimum atomic E-state index is -0.260. The second-order valence-electron chi connectivity index (χ2n) is 5.52. The van der Waals surface area contributed by atoms with Gasteiger partial charge in [0.05, 0.1) is 6.04 Å². The van der Waals surface area contributed by atoms with Gasteiger partial charge in [0, 0.05) is 12.0 Å². The average molecular weight is 217 g/mol. The van der Waals surface area contributed by atoms with Crippen molar-refractivity contribution in [2.24, 2.45) is 5.41 Å². The molecule has 1 aromatic rings. The van der Waals surface area contributed by atoms with Crippen molar-refractivity contribution in [1.82, 2.24) is 5.32 Å². The van der Waals surface area contributed by atoms with Gasteiger partial charge in [0.1, 0.15) is 0 Å². The molecule has 0 bridgehead atoms. The van der Waals surface area contributed by atoms with E-state index < -0.39 is 0 Å². The summed E-state index contributed by atoms with van der Waals surface area (Å²) in [4.78, 5) is 12.2. The molecule has 2 rings (SSSR count). The Morgan fingerprint density at radius 1 is 1.25 bits per heavy atom. The van der Waals surface area contributed by atoms with E-state index in [0.717, 1.165) is 13.0 Å². The zero-order chi connectivity index (χ0) is 11.8. The van der Waals surface area contributed by atoms with Gasteiger partial charge in [-0.1, -0.05) is 45.0 Å². The van der Waals surface area contributed by atoms with Crippen LogP contribution in [-0.2, 0) is 17.8 Å². The molecule has 0 fully saturated rings. The van der Waals surface area contributed by atoms with Gasteiger partial charge in [-0.15, -0.1) is 0 Å². The van der Waals surface area contributed by atoms with Crippen molar-refractivity contribution in [1.29, 1.82) is 0 Å². The first-order valence-electron chi connectivity index (χ1n) is 5.83. The standard InChI is InChI=1S/C14H19NO/c1-14(2,3)13(16)12-8-10-6-4-5-7-11(10)9-15-12/h4-7,12,15H,8-9H2,1-3H3/t12-/m0/s1. The monoisotopic (exact) mass is 217 g/mol. The van der Waals surface area contributed by atoms with Gasteiger partial charge >= 0.3 is 0 Å². The second kappa shape index (κ2) is 4.02. The summed E-state index contributed by atoms with van der Waals surface area (Å²) in [5, 5.41) is 3.33. The van der Waals surface area contributed by atoms with Gasteiger partial charge < -0.3 is 5.32 Å². The Balaban J connectivity index is 2.17. The zero-order valence-corrected chi connectivity index (χ0v) is 10.2. The maximum Gasteiger partial charge on any atom is 0.155 e. The number of benzene rings is 1. The third-order valence-electron chi connectivity index (χ3n) is 3.14. The number of ketones is 1. The van der Waals surface area contributed by atoms with E-state index in [1.54, 1.807) is 0 Å². The smallest absolute Gasteiger partial charge is 0.155 e. The van der Waals surface area contributed by atoms with Crippen LogP contribution >= 0.6 is 0 Å². The minimum Gasteiger partial charge on any atom is -0.303 e. The normalized spacial score (nSPS) is 20.3. The summed E-state index contributed by atoms with van der Waals surface area (Å²) in [7, 11) is 0. The Labute approximate surface area is 97.1 Å². The Bertz CT molecular complexity index is 403. The topological polar surface area (TPSA) is 29.1 Å². The predicted octanol–water partition coefficient (Wildman–Crippen LogP) is 2.32. The van der Waals surface area contributed by atoms with Crippen molar-refractivity contribution in [2.45, 2.75) is 39.8 Å². The quantitative estimate of drug-likeness (QED) is 0.782. The van der Waals surface area contributed by atoms with Crippen molar-refractivity contribution in [3.05, 3.63) is 35.4 Å². The van der Waals surface area contributed by atoms with Crippen LogP contribution in [0.15, 0.2) is 24.3 Å². The lowest BCUT2D eigenvalue weighted by molar-refractivity contribution is -0.128. The molecule has 2 heteroatoms. The van der Waals surface area contributed by atoms with Crippen LogP contribution in [-0.4, -0.2) is 11.8 Å². The lowest BCUT2D eigenvalue weighted by atomic mass is 9.82. The van der Waals surface area contributed by atoms with Crippen LogP contribution in [0.5, 0.6) is 0 Å². The van der Waals surface area contributed by atoms with E-state index in [1.807, 2.05) is 32.9 Å². The minimum absolute atomic E-state index is 0.0186. The highest BCUT2D eigenvalue weighted by molar-refractivity contribution is 5.89. The molecule has 16 heavy (non-hydrogen) atoms. The maximum absolute atomic E-state index is 12.2. The highest BCUT2D eigenvalue weighted by Gasteiger charge is 2.31. The first kappa shape index (κ1) is 11.3. The van der Waals surface area contributed by atoms with Crippen molar-refractivity contribution in [3.63, 3.8) is 0 Å². The first-order valence-corrected chi connectivity index (χ1v) is 5.83. The van der Waals surface area contributed by atoms with Crippen LogP contribution in [0.3, 0.4) is 0 Å². The van der Waals surface area contributed by atoms with Crippen LogP contribution in [0.25, 0.3) is 0 Å². The summed E-state index contributed by atoms with van der Waals surface area (Å²) >= 11 is 0. The molecule has 1 aromatic carbocycles. The number of carbonyl (C=O) groups is 1. The highest BCUT2D eigenvalue weighted by atomic mass is 16.1. The van der Waals surface area contributed by atoms with Crippen LogP contribution in [0.2, 0.25) is 0 Å². The molecule has 1 atom stereocenters. The molecule has 1 heterocycles. The van der Waals surface area contributed by atoms with Crippen molar-refractivity contribution in [2.75, 3.05) is 0 Å². The largest absolute Gasteiger partial charge is 0.303 e. The lowest BCUT2D eigenvalue weighted by Crippen LogP contribution is -2.46. The Morgan fingerprint density at radius 2 is 1.88 bits per heavy atom. The number of nitrogens with one attached hydrogen (secondary N) is 1. The number of hydrogen-bond acceptors (Lipinski definition) is 2. The van der Waals surface area contributed by atoms with Gasteiger partial charge in [-0.05, 0) is 17.5 Å². The molecule has 0 aliphatic carbocycles. The Hall–Kier alpha value is -1.15. The summed E-state index contributed by atoms with van der Waals surface area (Å²) in [5.74, 6) is 0.307. The molecule has 0 aromatic heterocycles. The lowest BCUT2D eigenvalue weighted by Gasteiger charge is -2.29. The molecule has 0 unspecified atom stereocenters. The number of carbonyl (C=O) groups excluding carboxylic acids is 1. The van der Waals surface area contributed by atoms with E-state index in [4.69, 9.17) is 0 Å². The fraction of sp³-hybridized carbons (Fsp3) is 0.500. The molecule has 0 amide bonds. The van der Waals surface area contributed by atoms with Gasteiger partial charge in [0.2, 0.25) is 0 Å². The SMILES string of the molecule is CC(C)(C)C(=O)[C@@H]1Cc2ccccc2CN1. The van der Waals surface area contributed by atoms with E-state index >= 15 is 0 Å². The summed E-state index contributed by atoms with van der Waals surface area (Å²) in [6.07, 6.45) is 0.826. The summed E-state index contributed by atoms with van der Waals surface area (Å²) in [6.45, 7) is 6.76. The van der Waals surface area contributed by atoms with E-state index in [-0.39, 0.29) is 11.5 Å². The van der Waals surface area contributed by atoms with Crippen LogP contribution < -0.4 is 5.32 Å². The maximum atomic E-state index is 12.2. The molecule has 2 nitrogen and oxygen atoms in total. The fourth-order valence-electron chi connectivity index (χ4n) is 2.16. The van der Waals surface area contributed by atoms with E-state index in [2.05, 4.69) is 17.4 Å². The van der Waals surface area contributed by atoms with Gasteiger partial charge in [-0.2, -0.15) is 0 Å². The van der Waals surface area contributed by atoms with Crippen LogP contribution in [0.1, 0.15) is 31.9 Å². The highest BCUT2D eigenvalue weighted by Crippen LogP contribution is 2.23. The second-order valence-corrected chi connectivity index (χ2v) is 5.52. The molecule has 0 radical (unpaired) electrons. The predicted molar refractivity (Wildman–Crippen MR) is 65.2 cm³/mol. The molecular weight excluding hydrogens is 198 g/mol. The van der Waals surface area contributed by atoms with E-state index in [0.29, 0.717) is 5.78 Å². The fourth-order valence-corrected chi connectivity index (χ4v) is 2.16. The molecule has 1 aliphatic rings. The van der Waals surface area contributed by atoms with Gasteiger partial charge in [-0.3, -0.25) is 4.79 Å². The van der Waals surface area contributed by atoms with Gasteiger partial charge in [0.15, 0.2) is 5.78 Å². The van der Waals surface area contributed by atoms with Gasteiger partial charge in [0.25, 0.3) is 0 Å². The molecule has 0 saturated heterocycles. The van der Waals surface area contributed by atoms with Crippen molar-refractivity contribution in [3.8, 4) is 0 Å². The number of Topliss-reactive ketones (excluding diaryl/α,β-unsaturated/α-hetero) is 1. The zero-order valence-electron chi connectivity index (χ0n) is 10.2. The molecule has 0 spiro atoms. The van der Waals surface area contributed by atoms with E-state index in [9.17, 15) is 4.79 Å². The Kier molecular flexibility index (Phi) is 2.85. The molecule has 1 N–H and O–H groups in total. The number of fused-ring (bicyclic) bond motifs is 1. The number of rotatable bonds is 1. The summed E-state index contributed by atoms with van der Waals surface area (Å²) in [5.41, 5.74) is 2.37. The first-order chi connectivity index (χ1) is 7.48. The number of hydrogen-bond donors (Lipinski definition) is 1. The van der Waals surface area contributed by atoms with Crippen molar-refractivity contribution < 1.29 is 4.79 Å². The Morgan fingerprint density at radius 3 is 2.50 bits per heavy atom. The third kappa shape index (κ3) is 2.17. The van der Waals surface area contributed by atoms with Gasteiger partial charge in [-0.25, -0.2) is 0 Å². The summed E-state index contributed by atoms with van der Waals surface area (Å²) in [6, 6.07) is 8.32. The third-order valence-corrected chi connectivity index (χ3v) is 3.14. The average Bonchev–Trinajstić information content (AvgIpc) is 2.26. The van der Waals surface area contributed by atoms with Crippen LogP contribution in [0, 0.1) is 5.41 Å². The van der Waals surface area contributed by atoms with E-state index in [1.165, 1.54) is 11.1 Å². The molecule has 86 valence electrons. The van der Waals surface area contributed by atoms with Crippen molar-refractivity contribution >= 4 is 5.78 Å². The molecule has 0 saturated carbocycles.